The SMILES string of the molecule is FC(F)c1nc2ccc(C3C[C@H]3c3cc(Cl)nn4ccnc34)cc2s1. The minimum atomic E-state index is -2.53. The van der Waals surface area contributed by atoms with Crippen LogP contribution in [-0.2, 0) is 0 Å². The van der Waals surface area contributed by atoms with Gasteiger partial charge in [-0.3, -0.25) is 0 Å². The molecule has 8 heteroatoms. The van der Waals surface area contributed by atoms with Crippen LogP contribution in [0.3, 0.4) is 0 Å². The molecule has 0 radical (unpaired) electrons. The third-order valence-corrected chi connectivity index (χ3v) is 5.80. The largest absolute Gasteiger partial charge is 0.289 e. The Morgan fingerprint density at radius 1 is 1.24 bits per heavy atom. The van der Waals surface area contributed by atoms with E-state index in [0.717, 1.165) is 39.2 Å². The van der Waals surface area contributed by atoms with Gasteiger partial charge in [0, 0.05) is 18.0 Å². The van der Waals surface area contributed by atoms with Crippen molar-refractivity contribution in [1.82, 2.24) is 19.6 Å². The highest BCUT2D eigenvalue weighted by Gasteiger charge is 2.41. The van der Waals surface area contributed by atoms with Crippen molar-refractivity contribution >= 4 is 38.8 Å². The summed E-state index contributed by atoms with van der Waals surface area (Å²) < 4.78 is 28.2. The first-order valence-corrected chi connectivity index (χ1v) is 8.98. The fraction of sp³-hybridized carbons (Fsp3) is 0.235. The molecule has 2 atom stereocenters. The average Bonchev–Trinajstić information content (AvgIpc) is 3.03. The molecule has 1 unspecified atom stereocenters. The molecule has 3 aromatic heterocycles. The number of hydrogen-bond acceptors (Lipinski definition) is 4. The van der Waals surface area contributed by atoms with E-state index in [1.807, 2.05) is 24.3 Å². The van der Waals surface area contributed by atoms with Gasteiger partial charge in [-0.1, -0.05) is 17.7 Å². The Labute approximate surface area is 150 Å². The zero-order chi connectivity index (χ0) is 17.1. The molecule has 1 saturated carbocycles. The minimum Gasteiger partial charge on any atom is -0.235 e. The van der Waals surface area contributed by atoms with Gasteiger partial charge in [-0.2, -0.15) is 5.10 Å². The van der Waals surface area contributed by atoms with Crippen molar-refractivity contribution in [1.29, 1.82) is 0 Å². The zero-order valence-electron chi connectivity index (χ0n) is 12.7. The van der Waals surface area contributed by atoms with Gasteiger partial charge in [-0.25, -0.2) is 23.3 Å². The first-order chi connectivity index (χ1) is 12.1. The van der Waals surface area contributed by atoms with E-state index in [-0.39, 0.29) is 5.01 Å². The first kappa shape index (κ1) is 15.2. The monoisotopic (exact) mass is 376 g/mol. The highest BCUT2D eigenvalue weighted by molar-refractivity contribution is 7.18. The number of alkyl halides is 2. The van der Waals surface area contributed by atoms with E-state index in [4.69, 9.17) is 11.6 Å². The predicted molar refractivity (Wildman–Crippen MR) is 92.7 cm³/mol. The van der Waals surface area contributed by atoms with Crippen LogP contribution in [0.15, 0.2) is 36.7 Å². The summed E-state index contributed by atoms with van der Waals surface area (Å²) in [5.41, 5.74) is 3.66. The number of nitrogens with zero attached hydrogens (tertiary/aromatic N) is 4. The van der Waals surface area contributed by atoms with Crippen molar-refractivity contribution in [2.24, 2.45) is 0 Å². The summed E-state index contributed by atoms with van der Waals surface area (Å²) in [5.74, 6) is 0.644. The summed E-state index contributed by atoms with van der Waals surface area (Å²) in [5, 5.41) is 4.52. The van der Waals surface area contributed by atoms with E-state index in [9.17, 15) is 8.78 Å². The van der Waals surface area contributed by atoms with Crippen LogP contribution in [0.4, 0.5) is 8.78 Å². The van der Waals surface area contributed by atoms with Crippen LogP contribution in [0.5, 0.6) is 0 Å². The number of aromatic nitrogens is 4. The Bertz CT molecular complexity index is 1110. The van der Waals surface area contributed by atoms with E-state index in [0.29, 0.717) is 22.5 Å². The van der Waals surface area contributed by atoms with Crippen molar-refractivity contribution in [3.8, 4) is 0 Å². The number of hydrogen-bond donors (Lipinski definition) is 0. The molecule has 126 valence electrons. The maximum atomic E-state index is 12.8. The molecule has 1 aliphatic carbocycles. The minimum absolute atomic E-state index is 0.125. The molecule has 0 saturated heterocycles. The van der Waals surface area contributed by atoms with E-state index < -0.39 is 6.43 Å². The molecular weight excluding hydrogens is 366 g/mol. The van der Waals surface area contributed by atoms with Crippen molar-refractivity contribution in [2.45, 2.75) is 24.7 Å². The van der Waals surface area contributed by atoms with Crippen LogP contribution in [0.2, 0.25) is 5.15 Å². The van der Waals surface area contributed by atoms with Gasteiger partial charge in [0.05, 0.1) is 10.2 Å². The average molecular weight is 377 g/mol. The highest BCUT2D eigenvalue weighted by Crippen LogP contribution is 2.56. The third kappa shape index (κ3) is 2.49. The molecule has 4 aromatic rings. The van der Waals surface area contributed by atoms with Crippen LogP contribution < -0.4 is 0 Å². The fourth-order valence-corrected chi connectivity index (χ4v) is 4.44. The Kier molecular flexibility index (Phi) is 3.30. The second kappa shape index (κ2) is 5.44. The summed E-state index contributed by atoms with van der Waals surface area (Å²) in [7, 11) is 0. The summed E-state index contributed by atoms with van der Waals surface area (Å²) in [4.78, 5) is 8.36. The molecular formula is C17H11ClF2N4S. The normalized spacial score (nSPS) is 20.0. The zero-order valence-corrected chi connectivity index (χ0v) is 14.3. The maximum Gasteiger partial charge on any atom is 0.289 e. The lowest BCUT2D eigenvalue weighted by Gasteiger charge is -2.04. The van der Waals surface area contributed by atoms with Crippen molar-refractivity contribution in [3.63, 3.8) is 0 Å². The number of halogens is 3. The molecule has 0 aliphatic heterocycles. The molecule has 1 aromatic carbocycles. The standard InChI is InChI=1S/C17H11ClF2N4S/c18-14-7-11(16-21-3-4-24(16)23-14)10-6-9(10)8-1-2-12-13(5-8)25-17(22-12)15(19)20/h1-5,7,9-10,15H,6H2/t9?,10-/m1/s1. The fourth-order valence-electron chi connectivity index (χ4n) is 3.37. The topological polar surface area (TPSA) is 43.1 Å². The van der Waals surface area contributed by atoms with Gasteiger partial charge in [-0.05, 0) is 42.0 Å². The molecule has 0 spiro atoms. The van der Waals surface area contributed by atoms with Crippen LogP contribution >= 0.6 is 22.9 Å². The van der Waals surface area contributed by atoms with E-state index >= 15 is 0 Å². The van der Waals surface area contributed by atoms with Crippen LogP contribution in [0.25, 0.3) is 15.9 Å². The van der Waals surface area contributed by atoms with Gasteiger partial charge >= 0.3 is 0 Å². The highest BCUT2D eigenvalue weighted by atomic mass is 35.5. The number of imidazole rings is 1. The molecule has 3 heterocycles. The van der Waals surface area contributed by atoms with Crippen molar-refractivity contribution in [2.75, 3.05) is 0 Å². The number of benzene rings is 1. The second-order valence-corrected chi connectivity index (χ2v) is 7.60. The lowest BCUT2D eigenvalue weighted by molar-refractivity contribution is 0.151. The molecule has 1 fully saturated rings. The van der Waals surface area contributed by atoms with Gasteiger partial charge in [0.2, 0.25) is 0 Å². The van der Waals surface area contributed by atoms with Crippen LogP contribution in [-0.4, -0.2) is 19.6 Å². The summed E-state index contributed by atoms with van der Waals surface area (Å²) in [6.07, 6.45) is 1.93. The van der Waals surface area contributed by atoms with E-state index in [1.165, 1.54) is 0 Å². The Hall–Kier alpha value is -2.12. The van der Waals surface area contributed by atoms with Crippen LogP contribution in [0.1, 0.15) is 40.8 Å². The molecule has 0 amide bonds. The Morgan fingerprint density at radius 3 is 2.96 bits per heavy atom. The molecule has 4 nitrogen and oxygen atoms in total. The molecule has 5 rings (SSSR count). The Morgan fingerprint density at radius 2 is 2.12 bits per heavy atom. The third-order valence-electron chi connectivity index (χ3n) is 4.59. The lowest BCUT2D eigenvalue weighted by atomic mass is 10.1. The predicted octanol–water partition coefficient (Wildman–Crippen LogP) is 5.20. The quantitative estimate of drug-likeness (QED) is 0.493. The van der Waals surface area contributed by atoms with Crippen molar-refractivity contribution in [3.05, 3.63) is 57.9 Å². The van der Waals surface area contributed by atoms with Gasteiger partial charge in [0.1, 0.15) is 5.15 Å². The molecule has 25 heavy (non-hydrogen) atoms. The van der Waals surface area contributed by atoms with Crippen LogP contribution in [0, 0.1) is 0 Å². The lowest BCUT2D eigenvalue weighted by Crippen LogP contribution is -1.96. The molecule has 0 bridgehead atoms. The van der Waals surface area contributed by atoms with Gasteiger partial charge in [0.25, 0.3) is 6.43 Å². The van der Waals surface area contributed by atoms with Gasteiger partial charge < -0.3 is 0 Å². The summed E-state index contributed by atoms with van der Waals surface area (Å²) in [6.45, 7) is 0. The smallest absolute Gasteiger partial charge is 0.235 e. The number of fused-ring (bicyclic) bond motifs is 2. The Balaban J connectivity index is 1.51. The first-order valence-electron chi connectivity index (χ1n) is 7.78. The maximum absolute atomic E-state index is 12.8. The van der Waals surface area contributed by atoms with Crippen molar-refractivity contribution < 1.29 is 8.78 Å². The number of rotatable bonds is 3. The summed E-state index contributed by atoms with van der Waals surface area (Å²) >= 11 is 7.18. The molecule has 0 N–H and O–H groups in total. The van der Waals surface area contributed by atoms with E-state index in [2.05, 4.69) is 15.1 Å². The van der Waals surface area contributed by atoms with Gasteiger partial charge in [-0.15, -0.1) is 11.3 Å². The molecule has 1 aliphatic rings. The van der Waals surface area contributed by atoms with Gasteiger partial charge in [0.15, 0.2) is 10.7 Å². The van der Waals surface area contributed by atoms with E-state index in [1.54, 1.807) is 16.9 Å². The number of thiazole rings is 1. The summed E-state index contributed by atoms with van der Waals surface area (Å²) in [6, 6.07) is 7.66. The second-order valence-electron chi connectivity index (χ2n) is 6.15.